The minimum Gasteiger partial charge on any atom is -0.466 e. The van der Waals surface area contributed by atoms with Gasteiger partial charge in [-0.3, -0.25) is 14.9 Å². The zero-order valence-electron chi connectivity index (χ0n) is 12.6. The van der Waals surface area contributed by atoms with Crippen molar-refractivity contribution in [2.24, 2.45) is 0 Å². The molecule has 8 nitrogen and oxygen atoms in total. The van der Waals surface area contributed by atoms with Crippen LogP contribution in [0.5, 0.6) is 0 Å². The molecule has 0 aromatic rings. The number of carbonyl (C=O) groups excluding carboxylic acids is 1. The number of rotatable bonds is 7. The van der Waals surface area contributed by atoms with E-state index in [2.05, 4.69) is 17.4 Å². The van der Waals surface area contributed by atoms with Gasteiger partial charge in [0, 0.05) is 0 Å². The van der Waals surface area contributed by atoms with Gasteiger partial charge in [0.1, 0.15) is 18.8 Å². The van der Waals surface area contributed by atoms with Crippen LogP contribution < -0.4 is 10.6 Å². The molecule has 0 spiro atoms. The smallest absolute Gasteiger partial charge is 0.320 e. The minimum atomic E-state index is -0.446. The van der Waals surface area contributed by atoms with E-state index in [1.807, 2.05) is 6.92 Å². The van der Waals surface area contributed by atoms with Crippen LogP contribution in [0.15, 0.2) is 0 Å². The molecule has 0 bridgehead atoms. The van der Waals surface area contributed by atoms with Crippen molar-refractivity contribution in [2.75, 3.05) is 20.3 Å². The number of ether oxygens (including phenoxy) is 1. The summed E-state index contributed by atoms with van der Waals surface area (Å²) in [4.78, 5) is 17.4. The lowest BCUT2D eigenvalue weighted by molar-refractivity contribution is -0.883. The van der Waals surface area contributed by atoms with Gasteiger partial charge >= 0.3 is 12.0 Å². The third-order valence-electron chi connectivity index (χ3n) is 3.33. The summed E-state index contributed by atoms with van der Waals surface area (Å²) < 4.78 is 6.58. The predicted octanol–water partition coefficient (Wildman–Crippen LogP) is 0.0560. The van der Waals surface area contributed by atoms with Gasteiger partial charge in [-0.1, -0.05) is 11.6 Å². The average molecular weight is 322 g/mol. The third-order valence-corrected chi connectivity index (χ3v) is 3.58. The number of halogens is 1. The lowest BCUT2D eigenvalue weighted by Crippen LogP contribution is -2.69. The largest absolute Gasteiger partial charge is 0.466 e. The SMILES string of the molecule is C=[N+](CCC(=O)OCC)C1NC(Cl)NC(C)C1[N+](=N)OC. The molecule has 1 heterocycles. The third kappa shape index (κ3) is 4.90. The van der Waals surface area contributed by atoms with Crippen molar-refractivity contribution in [2.45, 2.75) is 44.1 Å². The summed E-state index contributed by atoms with van der Waals surface area (Å²) in [6.45, 7) is 8.36. The van der Waals surface area contributed by atoms with Crippen molar-refractivity contribution < 1.29 is 23.8 Å². The second-order valence-corrected chi connectivity index (χ2v) is 5.23. The number of esters is 1. The van der Waals surface area contributed by atoms with Crippen molar-refractivity contribution >= 4 is 24.3 Å². The molecule has 4 unspecified atom stereocenters. The Labute approximate surface area is 129 Å². The Kier molecular flexibility index (Phi) is 7.00. The Hall–Kier alpha value is -1.25. The van der Waals surface area contributed by atoms with E-state index in [4.69, 9.17) is 26.7 Å². The monoisotopic (exact) mass is 321 g/mol. The number of hydrogen-bond donors (Lipinski definition) is 3. The van der Waals surface area contributed by atoms with Gasteiger partial charge in [-0.05, 0) is 19.4 Å². The Bertz CT molecular complexity index is 406. The molecule has 120 valence electrons. The van der Waals surface area contributed by atoms with E-state index >= 15 is 0 Å². The number of nitrogens with one attached hydrogen (secondary N) is 3. The van der Waals surface area contributed by atoms with Crippen molar-refractivity contribution in [1.29, 1.82) is 5.53 Å². The highest BCUT2D eigenvalue weighted by atomic mass is 35.5. The van der Waals surface area contributed by atoms with Crippen LogP contribution in [-0.2, 0) is 14.4 Å². The molecule has 9 heteroatoms. The summed E-state index contributed by atoms with van der Waals surface area (Å²) in [6.07, 6.45) is -0.113. The molecular weight excluding hydrogens is 298 g/mol. The number of hydroxylamine groups is 1. The number of carbonyl (C=O) groups is 1. The first kappa shape index (κ1) is 17.8. The van der Waals surface area contributed by atoms with Crippen LogP contribution in [0.4, 0.5) is 0 Å². The molecule has 1 aliphatic heterocycles. The minimum absolute atomic E-state index is 0.0944. The van der Waals surface area contributed by atoms with Crippen molar-refractivity contribution in [3.63, 3.8) is 0 Å². The van der Waals surface area contributed by atoms with Gasteiger partial charge in [0.05, 0.1) is 17.5 Å². The van der Waals surface area contributed by atoms with Crippen LogP contribution in [0.2, 0.25) is 0 Å². The zero-order chi connectivity index (χ0) is 16.0. The second-order valence-electron chi connectivity index (χ2n) is 4.80. The Morgan fingerprint density at radius 2 is 2.14 bits per heavy atom. The maximum Gasteiger partial charge on any atom is 0.320 e. The van der Waals surface area contributed by atoms with Crippen molar-refractivity contribution in [3.05, 3.63) is 0 Å². The first-order valence-electron chi connectivity index (χ1n) is 6.84. The van der Waals surface area contributed by atoms with E-state index in [1.54, 1.807) is 11.5 Å². The van der Waals surface area contributed by atoms with Gasteiger partial charge in [0.2, 0.25) is 0 Å². The lowest BCUT2D eigenvalue weighted by atomic mass is 10.1. The number of hydrogen-bond acceptors (Lipinski definition) is 6. The highest BCUT2D eigenvalue weighted by Crippen LogP contribution is 2.14. The molecule has 0 aliphatic carbocycles. The van der Waals surface area contributed by atoms with Crippen LogP contribution >= 0.6 is 11.6 Å². The molecule has 0 radical (unpaired) electrons. The van der Waals surface area contributed by atoms with Crippen LogP contribution in [0.25, 0.3) is 0 Å². The van der Waals surface area contributed by atoms with E-state index in [0.717, 1.165) is 4.86 Å². The number of alkyl halides is 1. The predicted molar refractivity (Wildman–Crippen MR) is 76.4 cm³/mol. The van der Waals surface area contributed by atoms with Gasteiger partial charge in [-0.25, -0.2) is 9.89 Å². The van der Waals surface area contributed by atoms with Gasteiger partial charge in [-0.15, -0.1) is 0 Å². The highest BCUT2D eigenvalue weighted by Gasteiger charge is 2.50. The molecule has 1 rings (SSSR count). The quantitative estimate of drug-likeness (QED) is 0.117. The average Bonchev–Trinajstić information content (AvgIpc) is 2.43. The molecule has 0 aromatic carbocycles. The lowest BCUT2D eigenvalue weighted by Gasteiger charge is -2.32. The van der Waals surface area contributed by atoms with E-state index < -0.39 is 5.62 Å². The maximum absolute atomic E-state index is 11.4. The first-order valence-corrected chi connectivity index (χ1v) is 7.27. The normalized spacial score (nSPS) is 28.8. The van der Waals surface area contributed by atoms with Crippen molar-refractivity contribution in [1.82, 2.24) is 10.6 Å². The maximum atomic E-state index is 11.4. The molecular formula is C12H24ClN5O3+2. The molecule has 0 aromatic heterocycles. The summed E-state index contributed by atoms with van der Waals surface area (Å²) in [5, 5.41) is 6.17. The van der Waals surface area contributed by atoms with Crippen LogP contribution in [0, 0.1) is 5.53 Å². The fourth-order valence-corrected chi connectivity index (χ4v) is 2.61. The first-order chi connectivity index (χ1) is 9.90. The van der Waals surface area contributed by atoms with Gasteiger partial charge < -0.3 is 4.74 Å². The Balaban J connectivity index is 2.72. The second kappa shape index (κ2) is 8.26. The van der Waals surface area contributed by atoms with Crippen molar-refractivity contribution in [3.8, 4) is 0 Å². The molecule has 0 saturated carbocycles. The summed E-state index contributed by atoms with van der Waals surface area (Å²) in [7, 11) is 1.43. The van der Waals surface area contributed by atoms with Crippen LogP contribution in [0.3, 0.4) is 0 Å². The summed E-state index contributed by atoms with van der Waals surface area (Å²) in [5.41, 5.74) is 7.41. The van der Waals surface area contributed by atoms with Crippen LogP contribution in [-0.4, -0.2) is 66.3 Å². The summed E-state index contributed by atoms with van der Waals surface area (Å²) >= 11 is 6.09. The fourth-order valence-electron chi connectivity index (χ4n) is 2.28. The van der Waals surface area contributed by atoms with E-state index in [0.29, 0.717) is 13.2 Å². The summed E-state index contributed by atoms with van der Waals surface area (Å²) in [5.74, 6) is -0.276. The molecule has 4 atom stereocenters. The topological polar surface area (TPSA) is 89.5 Å². The van der Waals surface area contributed by atoms with E-state index in [9.17, 15) is 4.79 Å². The molecule has 1 saturated heterocycles. The Morgan fingerprint density at radius 3 is 2.71 bits per heavy atom. The number of nitrogens with zero attached hydrogens (tertiary/aromatic N) is 2. The zero-order valence-corrected chi connectivity index (χ0v) is 13.4. The highest BCUT2D eigenvalue weighted by molar-refractivity contribution is 6.20. The van der Waals surface area contributed by atoms with Gasteiger partial charge in [-0.2, -0.15) is 0 Å². The van der Waals surface area contributed by atoms with E-state index in [-0.39, 0.29) is 30.6 Å². The molecule has 3 N–H and O–H groups in total. The van der Waals surface area contributed by atoms with E-state index in [1.165, 1.54) is 7.11 Å². The van der Waals surface area contributed by atoms with Gasteiger partial charge in [0.15, 0.2) is 13.7 Å². The molecule has 0 amide bonds. The fraction of sp³-hybridized carbons (Fsp3) is 0.833. The van der Waals surface area contributed by atoms with Gasteiger partial charge in [0.25, 0.3) is 6.17 Å². The summed E-state index contributed by atoms with van der Waals surface area (Å²) in [6, 6.07) is -0.437. The molecule has 21 heavy (non-hydrogen) atoms. The molecule has 1 fully saturated rings. The van der Waals surface area contributed by atoms with Crippen LogP contribution in [0.1, 0.15) is 20.3 Å². The standard InChI is InChI=1S/C12H24ClN5O3/c1-5-21-9(19)6-7-17(3)11-10(18(14)20-4)8(2)15-12(13)16-11/h8,10-12,14-16H,3,5-7H2,1-2,4H3/q+2. The Morgan fingerprint density at radius 1 is 1.48 bits per heavy atom. The molecule has 1 aliphatic rings.